The van der Waals surface area contributed by atoms with Crippen molar-refractivity contribution in [1.82, 2.24) is 15.5 Å². The average Bonchev–Trinajstić information content (AvgIpc) is 3.12. The lowest BCUT2D eigenvalue weighted by atomic mass is 10.1. The van der Waals surface area contributed by atoms with Crippen molar-refractivity contribution in [3.63, 3.8) is 0 Å². The molecule has 0 radical (unpaired) electrons. The van der Waals surface area contributed by atoms with Crippen LogP contribution in [0.3, 0.4) is 0 Å². The van der Waals surface area contributed by atoms with Crippen molar-refractivity contribution in [1.29, 1.82) is 0 Å². The van der Waals surface area contributed by atoms with Crippen molar-refractivity contribution in [2.24, 2.45) is 5.73 Å². The molecule has 0 spiro atoms. The van der Waals surface area contributed by atoms with Crippen LogP contribution in [0.2, 0.25) is 0 Å². The second kappa shape index (κ2) is 10.8. The molecule has 30 heavy (non-hydrogen) atoms. The molecular weight excluding hydrogens is 404 g/mol. The molecule has 0 aromatic carbocycles. The Hall–Kier alpha value is -2.77. The zero-order valence-electron chi connectivity index (χ0n) is 16.6. The molecular formula is C17H28N4O9. The fourth-order valence-corrected chi connectivity index (χ4v) is 2.99. The van der Waals surface area contributed by atoms with Crippen LogP contribution in [-0.2, 0) is 24.0 Å². The molecule has 1 aliphatic rings. The lowest BCUT2D eigenvalue weighted by Gasteiger charge is -2.29. The molecule has 0 aliphatic carbocycles. The summed E-state index contributed by atoms with van der Waals surface area (Å²) in [4.78, 5) is 60.5. The SMILES string of the molecule is CC(O)C(N)C(=O)N1CCCC1C(=O)NC(C(=O)NC(CC(=O)O)C(=O)O)C(C)O. The Kier molecular flexibility index (Phi) is 9.14. The van der Waals surface area contributed by atoms with E-state index < -0.39 is 72.5 Å². The first kappa shape index (κ1) is 25.3. The molecule has 0 bridgehead atoms. The van der Waals surface area contributed by atoms with E-state index in [0.29, 0.717) is 6.42 Å². The molecule has 0 saturated carbocycles. The number of carbonyl (C=O) groups is 5. The van der Waals surface area contributed by atoms with E-state index in [1.54, 1.807) is 0 Å². The lowest BCUT2D eigenvalue weighted by Crippen LogP contribution is -2.60. The highest BCUT2D eigenvalue weighted by molar-refractivity contribution is 5.95. The summed E-state index contributed by atoms with van der Waals surface area (Å²) in [6, 6.07) is -5.58. The third kappa shape index (κ3) is 6.64. The van der Waals surface area contributed by atoms with Crippen molar-refractivity contribution in [2.75, 3.05) is 6.54 Å². The molecule has 1 aliphatic heterocycles. The fourth-order valence-electron chi connectivity index (χ4n) is 2.99. The summed E-state index contributed by atoms with van der Waals surface area (Å²) in [7, 11) is 0. The number of aliphatic hydroxyl groups is 2. The number of likely N-dealkylation sites (tertiary alicyclic amines) is 1. The van der Waals surface area contributed by atoms with Crippen LogP contribution in [0.25, 0.3) is 0 Å². The van der Waals surface area contributed by atoms with Gasteiger partial charge in [0.1, 0.15) is 24.2 Å². The third-order valence-electron chi connectivity index (χ3n) is 4.70. The monoisotopic (exact) mass is 432 g/mol. The first-order chi connectivity index (χ1) is 13.9. The van der Waals surface area contributed by atoms with Gasteiger partial charge in [-0.15, -0.1) is 0 Å². The van der Waals surface area contributed by atoms with Crippen LogP contribution in [0, 0.1) is 0 Å². The third-order valence-corrected chi connectivity index (χ3v) is 4.70. The number of carboxylic acids is 2. The molecule has 1 saturated heterocycles. The summed E-state index contributed by atoms with van der Waals surface area (Å²) < 4.78 is 0. The molecule has 0 aromatic heterocycles. The minimum absolute atomic E-state index is 0.211. The number of carbonyl (C=O) groups excluding carboxylic acids is 3. The maximum absolute atomic E-state index is 12.7. The second-order valence-corrected chi connectivity index (χ2v) is 7.18. The smallest absolute Gasteiger partial charge is 0.326 e. The molecule has 170 valence electrons. The highest BCUT2D eigenvalue weighted by atomic mass is 16.4. The number of rotatable bonds is 10. The Balaban J connectivity index is 2.90. The minimum Gasteiger partial charge on any atom is -0.481 e. The average molecular weight is 432 g/mol. The standard InChI is InChI=1S/C17H28N4O9/c1-7(22)12(18)16(28)21-5-3-4-10(21)14(26)20-13(8(2)23)15(27)19-9(17(29)30)6-11(24)25/h7-10,12-13,22-23H,3-6,18H2,1-2H3,(H,19,27)(H,20,26)(H,24,25)(H,29,30). The Morgan fingerprint density at radius 1 is 1.07 bits per heavy atom. The molecule has 13 heteroatoms. The van der Waals surface area contributed by atoms with Crippen LogP contribution < -0.4 is 16.4 Å². The van der Waals surface area contributed by atoms with Crippen molar-refractivity contribution in [2.45, 2.75) is 69.5 Å². The van der Waals surface area contributed by atoms with Gasteiger partial charge in [0, 0.05) is 6.54 Å². The molecule has 0 aromatic rings. The lowest BCUT2D eigenvalue weighted by molar-refractivity contribution is -0.148. The Labute approximate surface area is 172 Å². The normalized spacial score (nSPS) is 21.1. The predicted molar refractivity (Wildman–Crippen MR) is 99.8 cm³/mol. The van der Waals surface area contributed by atoms with Crippen LogP contribution in [0.15, 0.2) is 0 Å². The second-order valence-electron chi connectivity index (χ2n) is 7.18. The highest BCUT2D eigenvalue weighted by Crippen LogP contribution is 2.19. The first-order valence-corrected chi connectivity index (χ1v) is 9.34. The van der Waals surface area contributed by atoms with E-state index >= 15 is 0 Å². The molecule has 6 atom stereocenters. The first-order valence-electron chi connectivity index (χ1n) is 9.34. The van der Waals surface area contributed by atoms with Gasteiger partial charge in [0.25, 0.3) is 0 Å². The summed E-state index contributed by atoms with van der Waals surface area (Å²) in [5.74, 6) is -5.57. The van der Waals surface area contributed by atoms with Crippen molar-refractivity contribution in [3.05, 3.63) is 0 Å². The van der Waals surface area contributed by atoms with E-state index in [9.17, 15) is 34.2 Å². The van der Waals surface area contributed by atoms with E-state index in [1.807, 2.05) is 5.32 Å². The summed E-state index contributed by atoms with van der Waals surface area (Å²) in [6.07, 6.45) is -2.75. The molecule has 13 nitrogen and oxygen atoms in total. The Morgan fingerprint density at radius 2 is 1.67 bits per heavy atom. The molecule has 1 fully saturated rings. The van der Waals surface area contributed by atoms with E-state index in [1.165, 1.54) is 18.7 Å². The van der Waals surface area contributed by atoms with Gasteiger partial charge in [0.15, 0.2) is 0 Å². The van der Waals surface area contributed by atoms with Gasteiger partial charge in [-0.1, -0.05) is 0 Å². The molecule has 8 N–H and O–H groups in total. The van der Waals surface area contributed by atoms with Crippen molar-refractivity contribution >= 4 is 29.7 Å². The van der Waals surface area contributed by atoms with Crippen molar-refractivity contribution < 1.29 is 44.4 Å². The number of carboxylic acid groups (broad SMARTS) is 2. The van der Waals surface area contributed by atoms with Crippen LogP contribution in [0.1, 0.15) is 33.1 Å². The zero-order valence-corrected chi connectivity index (χ0v) is 16.6. The van der Waals surface area contributed by atoms with Gasteiger partial charge in [-0.05, 0) is 26.7 Å². The van der Waals surface area contributed by atoms with E-state index in [2.05, 4.69) is 5.32 Å². The van der Waals surface area contributed by atoms with E-state index in [-0.39, 0.29) is 13.0 Å². The maximum atomic E-state index is 12.7. The molecule has 1 heterocycles. The number of amides is 3. The number of hydrogen-bond donors (Lipinski definition) is 7. The van der Waals surface area contributed by atoms with Crippen LogP contribution >= 0.6 is 0 Å². The van der Waals surface area contributed by atoms with Gasteiger partial charge in [-0.25, -0.2) is 4.79 Å². The fraction of sp³-hybridized carbons (Fsp3) is 0.706. The topological polar surface area (TPSA) is 220 Å². The van der Waals surface area contributed by atoms with Gasteiger partial charge >= 0.3 is 11.9 Å². The van der Waals surface area contributed by atoms with Crippen LogP contribution in [0.5, 0.6) is 0 Å². The Morgan fingerprint density at radius 3 is 2.13 bits per heavy atom. The van der Waals surface area contributed by atoms with Gasteiger partial charge in [0.05, 0.1) is 18.6 Å². The molecule has 6 unspecified atom stereocenters. The summed E-state index contributed by atoms with van der Waals surface area (Å²) in [6.45, 7) is 2.72. The predicted octanol–water partition coefficient (Wildman–Crippen LogP) is -3.40. The maximum Gasteiger partial charge on any atom is 0.326 e. The van der Waals surface area contributed by atoms with Crippen molar-refractivity contribution in [3.8, 4) is 0 Å². The minimum atomic E-state index is -1.76. The summed E-state index contributed by atoms with van der Waals surface area (Å²) >= 11 is 0. The quantitative estimate of drug-likeness (QED) is 0.181. The molecule has 1 rings (SSSR count). The van der Waals surface area contributed by atoms with Gasteiger partial charge in [0.2, 0.25) is 17.7 Å². The Bertz CT molecular complexity index is 682. The van der Waals surface area contributed by atoms with E-state index in [0.717, 1.165) is 0 Å². The largest absolute Gasteiger partial charge is 0.481 e. The number of nitrogens with one attached hydrogen (secondary N) is 2. The number of hydrogen-bond acceptors (Lipinski definition) is 8. The van der Waals surface area contributed by atoms with Crippen LogP contribution in [0.4, 0.5) is 0 Å². The summed E-state index contributed by atoms with van der Waals surface area (Å²) in [5.41, 5.74) is 5.64. The van der Waals surface area contributed by atoms with Gasteiger partial charge in [-0.3, -0.25) is 19.2 Å². The van der Waals surface area contributed by atoms with Gasteiger partial charge in [-0.2, -0.15) is 0 Å². The number of aliphatic carboxylic acids is 2. The summed E-state index contributed by atoms with van der Waals surface area (Å²) in [5, 5.41) is 41.4. The number of aliphatic hydroxyl groups excluding tert-OH is 2. The number of nitrogens with two attached hydrogens (primary N) is 1. The zero-order chi connectivity index (χ0) is 23.2. The number of nitrogens with zero attached hydrogens (tertiary/aromatic N) is 1. The van der Waals surface area contributed by atoms with E-state index in [4.69, 9.17) is 15.9 Å². The van der Waals surface area contributed by atoms with Crippen LogP contribution in [-0.4, -0.2) is 97.9 Å². The van der Waals surface area contributed by atoms with Gasteiger partial charge < -0.3 is 41.7 Å². The highest BCUT2D eigenvalue weighted by Gasteiger charge is 2.39. The molecule has 3 amide bonds.